The molecule has 0 atom stereocenters. The van der Waals surface area contributed by atoms with Crippen LogP contribution in [0.15, 0.2) is 47.0 Å². The first-order valence-corrected chi connectivity index (χ1v) is 4.77. The van der Waals surface area contributed by atoms with Crippen molar-refractivity contribution in [2.45, 2.75) is 6.42 Å². The van der Waals surface area contributed by atoms with Crippen LogP contribution in [-0.2, 0) is 0 Å². The summed E-state index contributed by atoms with van der Waals surface area (Å²) in [5.74, 6) is 0. The van der Waals surface area contributed by atoms with E-state index in [1.54, 1.807) is 0 Å². The first-order valence-electron chi connectivity index (χ1n) is 3.98. The van der Waals surface area contributed by atoms with Crippen molar-refractivity contribution in [3.63, 3.8) is 0 Å². The highest BCUT2D eigenvalue weighted by atomic mass is 79.9. The van der Waals surface area contributed by atoms with Gasteiger partial charge in [0.1, 0.15) is 0 Å². The highest BCUT2D eigenvalue weighted by Gasteiger charge is 2.02. The second-order valence-corrected chi connectivity index (χ2v) is 3.75. The fourth-order valence-electron chi connectivity index (χ4n) is 1.35. The van der Waals surface area contributed by atoms with Gasteiger partial charge in [-0.05, 0) is 29.7 Å². The molecule has 0 aromatic heterocycles. The smallest absolute Gasteiger partial charge is 0.0181 e. The highest BCUT2D eigenvalue weighted by molar-refractivity contribution is 9.10. The fourth-order valence-corrected chi connectivity index (χ4v) is 1.75. The largest absolute Gasteiger partial charge is 0.0801 e. The summed E-state index contributed by atoms with van der Waals surface area (Å²) in [4.78, 5) is 0. The van der Waals surface area contributed by atoms with Gasteiger partial charge in [-0.15, -0.1) is 0 Å². The molecule has 1 heteroatoms. The van der Waals surface area contributed by atoms with E-state index in [0.29, 0.717) is 0 Å². The summed E-state index contributed by atoms with van der Waals surface area (Å²) in [5.41, 5.74) is 2.71. The number of hydrogen-bond acceptors (Lipinski definition) is 0. The number of hydrogen-bond donors (Lipinski definition) is 0. The molecular formula is C11H9Br. The van der Waals surface area contributed by atoms with Crippen LogP contribution < -0.4 is 0 Å². The number of rotatable bonds is 1. The zero-order valence-electron chi connectivity index (χ0n) is 6.63. The van der Waals surface area contributed by atoms with Crippen LogP contribution >= 0.6 is 15.9 Å². The van der Waals surface area contributed by atoms with Gasteiger partial charge in [-0.3, -0.25) is 0 Å². The van der Waals surface area contributed by atoms with Gasteiger partial charge in [0.15, 0.2) is 0 Å². The third kappa shape index (κ3) is 1.51. The molecule has 0 unspecified atom stereocenters. The Labute approximate surface area is 80.7 Å². The van der Waals surface area contributed by atoms with Crippen molar-refractivity contribution in [3.05, 3.63) is 52.5 Å². The minimum atomic E-state index is 1.07. The van der Waals surface area contributed by atoms with Gasteiger partial charge < -0.3 is 0 Å². The van der Waals surface area contributed by atoms with Gasteiger partial charge in [-0.2, -0.15) is 0 Å². The van der Waals surface area contributed by atoms with Crippen molar-refractivity contribution in [2.75, 3.05) is 0 Å². The summed E-state index contributed by atoms with van der Waals surface area (Å²) in [7, 11) is 0. The molecule has 0 saturated heterocycles. The van der Waals surface area contributed by atoms with E-state index in [-0.39, 0.29) is 0 Å². The summed E-state index contributed by atoms with van der Waals surface area (Å²) in [6, 6.07) is 8.41. The number of benzene rings is 1. The van der Waals surface area contributed by atoms with Crippen LogP contribution in [0.5, 0.6) is 0 Å². The van der Waals surface area contributed by atoms with Crippen molar-refractivity contribution in [1.29, 1.82) is 0 Å². The monoisotopic (exact) mass is 220 g/mol. The normalized spacial score (nSPS) is 14.9. The molecule has 1 aliphatic carbocycles. The van der Waals surface area contributed by atoms with E-state index in [9.17, 15) is 0 Å². The average Bonchev–Trinajstić information content (AvgIpc) is 2.56. The lowest BCUT2D eigenvalue weighted by molar-refractivity contribution is 1.42. The van der Waals surface area contributed by atoms with E-state index in [2.05, 4.69) is 52.4 Å². The summed E-state index contributed by atoms with van der Waals surface area (Å²) in [6.07, 6.45) is 7.52. The predicted octanol–water partition coefficient (Wildman–Crippen LogP) is 3.79. The zero-order chi connectivity index (χ0) is 8.39. The van der Waals surface area contributed by atoms with Gasteiger partial charge in [0.05, 0.1) is 0 Å². The Hall–Kier alpha value is -0.820. The molecule has 0 N–H and O–H groups in total. The Morgan fingerprint density at radius 3 is 2.83 bits per heavy atom. The third-order valence-electron chi connectivity index (χ3n) is 1.97. The van der Waals surface area contributed by atoms with E-state index in [0.717, 1.165) is 10.9 Å². The molecule has 0 saturated carbocycles. The fraction of sp³-hybridized carbons (Fsp3) is 0.0909. The van der Waals surface area contributed by atoms with Crippen LogP contribution in [0.2, 0.25) is 0 Å². The standard InChI is InChI=1S/C11H9Br/c12-11-7-3-6-10(8-11)9-4-1-2-5-9/h1-4,6-8H,5H2. The van der Waals surface area contributed by atoms with Gasteiger partial charge >= 0.3 is 0 Å². The molecule has 1 aliphatic rings. The van der Waals surface area contributed by atoms with Crippen LogP contribution in [0.1, 0.15) is 12.0 Å². The van der Waals surface area contributed by atoms with E-state index in [1.165, 1.54) is 11.1 Å². The number of halogens is 1. The Morgan fingerprint density at radius 2 is 2.17 bits per heavy atom. The minimum absolute atomic E-state index is 1.07. The summed E-state index contributed by atoms with van der Waals surface area (Å²) < 4.78 is 1.15. The van der Waals surface area contributed by atoms with E-state index < -0.39 is 0 Å². The van der Waals surface area contributed by atoms with E-state index >= 15 is 0 Å². The quantitative estimate of drug-likeness (QED) is 0.676. The first-order chi connectivity index (χ1) is 5.86. The van der Waals surface area contributed by atoms with Gasteiger partial charge in [0, 0.05) is 4.47 Å². The predicted molar refractivity (Wildman–Crippen MR) is 55.9 cm³/mol. The first kappa shape index (κ1) is 7.81. The van der Waals surface area contributed by atoms with Crippen LogP contribution in [0.4, 0.5) is 0 Å². The topological polar surface area (TPSA) is 0 Å². The minimum Gasteiger partial charge on any atom is -0.0801 e. The molecule has 12 heavy (non-hydrogen) atoms. The molecule has 0 amide bonds. The Bertz CT molecular complexity index is 348. The van der Waals surface area contributed by atoms with Crippen molar-refractivity contribution in [3.8, 4) is 0 Å². The van der Waals surface area contributed by atoms with Crippen LogP contribution in [0, 0.1) is 0 Å². The maximum atomic E-state index is 3.46. The summed E-state index contributed by atoms with van der Waals surface area (Å²) in [6.45, 7) is 0. The van der Waals surface area contributed by atoms with Gasteiger partial charge in [-0.25, -0.2) is 0 Å². The van der Waals surface area contributed by atoms with Crippen LogP contribution in [-0.4, -0.2) is 0 Å². The molecule has 0 aliphatic heterocycles. The SMILES string of the molecule is Brc1cccc(C2=CC=CC2)c1. The molecule has 1 aromatic rings. The Balaban J connectivity index is 2.35. The lowest BCUT2D eigenvalue weighted by Crippen LogP contribution is -1.79. The molecule has 0 nitrogen and oxygen atoms in total. The number of allylic oxidation sites excluding steroid dienone is 4. The molecule has 0 heterocycles. The third-order valence-corrected chi connectivity index (χ3v) is 2.46. The van der Waals surface area contributed by atoms with Crippen molar-refractivity contribution in [2.24, 2.45) is 0 Å². The van der Waals surface area contributed by atoms with Crippen molar-refractivity contribution >= 4 is 21.5 Å². The molecule has 0 spiro atoms. The van der Waals surface area contributed by atoms with Gasteiger partial charge in [0.25, 0.3) is 0 Å². The van der Waals surface area contributed by atoms with Crippen LogP contribution in [0.25, 0.3) is 5.57 Å². The summed E-state index contributed by atoms with van der Waals surface area (Å²) >= 11 is 3.46. The average molecular weight is 221 g/mol. The molecule has 2 rings (SSSR count). The second-order valence-electron chi connectivity index (χ2n) is 2.83. The van der Waals surface area contributed by atoms with Crippen molar-refractivity contribution in [1.82, 2.24) is 0 Å². The highest BCUT2D eigenvalue weighted by Crippen LogP contribution is 2.25. The zero-order valence-corrected chi connectivity index (χ0v) is 8.21. The van der Waals surface area contributed by atoms with Gasteiger partial charge in [-0.1, -0.05) is 46.3 Å². The Kier molecular flexibility index (Phi) is 2.13. The van der Waals surface area contributed by atoms with Gasteiger partial charge in [0.2, 0.25) is 0 Å². The lowest BCUT2D eigenvalue weighted by atomic mass is 10.1. The Morgan fingerprint density at radius 1 is 1.25 bits per heavy atom. The van der Waals surface area contributed by atoms with Crippen molar-refractivity contribution < 1.29 is 0 Å². The molecular weight excluding hydrogens is 212 g/mol. The molecule has 0 radical (unpaired) electrons. The summed E-state index contributed by atoms with van der Waals surface area (Å²) in [5, 5.41) is 0. The molecule has 0 bridgehead atoms. The molecule has 60 valence electrons. The second kappa shape index (κ2) is 3.28. The maximum Gasteiger partial charge on any atom is 0.0181 e. The van der Waals surface area contributed by atoms with Crippen LogP contribution in [0.3, 0.4) is 0 Å². The maximum absolute atomic E-state index is 3.46. The van der Waals surface area contributed by atoms with E-state index in [1.807, 2.05) is 6.07 Å². The lowest BCUT2D eigenvalue weighted by Gasteiger charge is -2.01. The van der Waals surface area contributed by atoms with E-state index in [4.69, 9.17) is 0 Å². The molecule has 0 fully saturated rings. The molecule has 1 aromatic carbocycles.